The number of carbonyl (C=O) groups excluding carboxylic acids is 1. The Kier molecular flexibility index (Phi) is 6.93. The maximum atomic E-state index is 13.4. The third kappa shape index (κ3) is 5.89. The third-order valence-corrected chi connectivity index (χ3v) is 6.73. The first kappa shape index (κ1) is 26.1. The van der Waals surface area contributed by atoms with Crippen LogP contribution in [0.25, 0.3) is 22.2 Å². The zero-order valence-electron chi connectivity index (χ0n) is 19.0. The van der Waals surface area contributed by atoms with Crippen molar-refractivity contribution in [1.82, 2.24) is 15.0 Å². The molecule has 0 spiro atoms. The number of alkyl halides is 3. The van der Waals surface area contributed by atoms with Gasteiger partial charge in [-0.1, -0.05) is 0 Å². The molecule has 0 aliphatic rings. The van der Waals surface area contributed by atoms with Crippen LogP contribution >= 0.6 is 0 Å². The number of hydrogen-bond acceptors (Lipinski definition) is 6. The molecule has 1 atom stereocenters. The molecule has 0 saturated carbocycles. The summed E-state index contributed by atoms with van der Waals surface area (Å²) in [6.45, 7) is 1.25. The van der Waals surface area contributed by atoms with E-state index in [0.29, 0.717) is 11.6 Å². The number of phenolic OH excluding ortho intramolecular Hbond substituents is 1. The molecule has 2 aromatic heterocycles. The summed E-state index contributed by atoms with van der Waals surface area (Å²) in [4.78, 5) is 16.6. The predicted octanol–water partition coefficient (Wildman–Crippen LogP) is 4.34. The van der Waals surface area contributed by atoms with E-state index >= 15 is 0 Å². The fraction of sp³-hybridized carbons (Fsp3) is 0.167. The van der Waals surface area contributed by atoms with E-state index in [1.807, 2.05) is 0 Å². The first-order chi connectivity index (χ1) is 17.3. The van der Waals surface area contributed by atoms with Crippen LogP contribution in [0.1, 0.15) is 18.1 Å². The summed E-state index contributed by atoms with van der Waals surface area (Å²) in [5.41, 5.74) is -0.122. The van der Waals surface area contributed by atoms with Gasteiger partial charge in [0.15, 0.2) is 0 Å². The number of aromatic nitrogens is 1. The Morgan fingerprint density at radius 2 is 1.86 bits per heavy atom. The van der Waals surface area contributed by atoms with Gasteiger partial charge in [0.05, 0.1) is 17.3 Å². The molecular weight excluding hydrogens is 518 g/mol. The number of halogens is 4. The highest BCUT2D eigenvalue weighted by Gasteiger charge is 2.31. The standard InChI is InChI=1S/C24H19F4N3O5S/c1-13(31-37(34,35)22-10-15-9-17(25)3-5-21(15)36-22)23(33)30-12-14-6-7-29-19(8-14)18-4-2-16(11-20(18)32)24(26,27)28/h2-11,13,31-32H,12H2,1H3,(H,30,33)/t13-/m0/s1. The number of benzene rings is 2. The molecule has 0 fully saturated rings. The highest BCUT2D eigenvalue weighted by molar-refractivity contribution is 7.89. The molecule has 2 heterocycles. The maximum absolute atomic E-state index is 13.4. The summed E-state index contributed by atoms with van der Waals surface area (Å²) in [7, 11) is -4.24. The fourth-order valence-electron chi connectivity index (χ4n) is 3.47. The van der Waals surface area contributed by atoms with Crippen LogP contribution in [0.15, 0.2) is 70.3 Å². The first-order valence-electron chi connectivity index (χ1n) is 10.7. The molecule has 0 aliphatic heterocycles. The van der Waals surface area contributed by atoms with Gasteiger partial charge in [0, 0.05) is 29.8 Å². The summed E-state index contributed by atoms with van der Waals surface area (Å²) in [6.07, 6.45) is -3.26. The van der Waals surface area contributed by atoms with E-state index in [9.17, 15) is 35.9 Å². The summed E-state index contributed by atoms with van der Waals surface area (Å²) in [5.74, 6) is -1.85. The zero-order valence-corrected chi connectivity index (χ0v) is 19.8. The highest BCUT2D eigenvalue weighted by atomic mass is 32.2. The van der Waals surface area contributed by atoms with Gasteiger partial charge in [0.1, 0.15) is 17.1 Å². The number of fused-ring (bicyclic) bond motifs is 1. The van der Waals surface area contributed by atoms with E-state index < -0.39 is 50.4 Å². The van der Waals surface area contributed by atoms with E-state index in [1.54, 1.807) is 0 Å². The van der Waals surface area contributed by atoms with Gasteiger partial charge in [0.2, 0.25) is 11.0 Å². The minimum Gasteiger partial charge on any atom is -0.507 e. The molecule has 2 aromatic carbocycles. The number of carbonyl (C=O) groups is 1. The van der Waals surface area contributed by atoms with Crippen LogP contribution in [0.5, 0.6) is 5.75 Å². The molecule has 0 bridgehead atoms. The van der Waals surface area contributed by atoms with Gasteiger partial charge in [-0.3, -0.25) is 9.78 Å². The Hall–Kier alpha value is -3.97. The monoisotopic (exact) mass is 537 g/mol. The number of nitrogens with zero attached hydrogens (tertiary/aromatic N) is 1. The van der Waals surface area contributed by atoms with E-state index in [0.717, 1.165) is 30.3 Å². The molecule has 4 aromatic rings. The van der Waals surface area contributed by atoms with Crippen LogP contribution in [0.4, 0.5) is 17.6 Å². The van der Waals surface area contributed by atoms with Crippen molar-refractivity contribution in [2.45, 2.75) is 30.8 Å². The molecule has 0 radical (unpaired) electrons. The van der Waals surface area contributed by atoms with Gasteiger partial charge in [-0.05, 0) is 61.0 Å². The van der Waals surface area contributed by atoms with Crippen molar-refractivity contribution in [1.29, 1.82) is 0 Å². The molecule has 3 N–H and O–H groups in total. The number of furan rings is 1. The zero-order chi connectivity index (χ0) is 27.0. The number of hydrogen-bond donors (Lipinski definition) is 3. The number of pyridine rings is 1. The van der Waals surface area contributed by atoms with Crippen LogP contribution in [0, 0.1) is 5.82 Å². The van der Waals surface area contributed by atoms with Crippen molar-refractivity contribution in [3.63, 3.8) is 0 Å². The lowest BCUT2D eigenvalue weighted by atomic mass is 10.1. The summed E-state index contributed by atoms with van der Waals surface area (Å²) >= 11 is 0. The van der Waals surface area contributed by atoms with Gasteiger partial charge in [-0.15, -0.1) is 0 Å². The minimum atomic E-state index is -4.61. The van der Waals surface area contributed by atoms with Crippen molar-refractivity contribution in [3.8, 4) is 17.0 Å². The summed E-state index contributed by atoms with van der Waals surface area (Å²) in [5, 5.41) is 12.4. The molecule has 4 rings (SSSR count). The Balaban J connectivity index is 1.42. The molecule has 0 aliphatic carbocycles. The van der Waals surface area contributed by atoms with Crippen molar-refractivity contribution in [3.05, 3.63) is 77.7 Å². The van der Waals surface area contributed by atoms with Gasteiger partial charge in [-0.2, -0.15) is 17.9 Å². The van der Waals surface area contributed by atoms with E-state index in [2.05, 4.69) is 15.0 Å². The van der Waals surface area contributed by atoms with Crippen molar-refractivity contribution >= 4 is 26.9 Å². The number of phenols is 1. The lowest BCUT2D eigenvalue weighted by molar-refractivity contribution is -0.137. The quantitative estimate of drug-likeness (QED) is 0.302. The first-order valence-corrected chi connectivity index (χ1v) is 12.2. The predicted molar refractivity (Wildman–Crippen MR) is 124 cm³/mol. The molecular formula is C24H19F4N3O5S. The van der Waals surface area contributed by atoms with Crippen LogP contribution in [-0.2, 0) is 27.5 Å². The number of aromatic hydroxyl groups is 1. The van der Waals surface area contributed by atoms with Crippen LogP contribution in [0.3, 0.4) is 0 Å². The summed E-state index contributed by atoms with van der Waals surface area (Å²) in [6, 6.07) is 8.94. The smallest absolute Gasteiger partial charge is 0.416 e. The lowest BCUT2D eigenvalue weighted by Gasteiger charge is -2.14. The number of amides is 1. The molecule has 8 nitrogen and oxygen atoms in total. The van der Waals surface area contributed by atoms with Gasteiger partial charge in [0.25, 0.3) is 10.0 Å². The van der Waals surface area contributed by atoms with Gasteiger partial charge < -0.3 is 14.8 Å². The second-order valence-electron chi connectivity index (χ2n) is 8.09. The molecule has 13 heteroatoms. The van der Waals surface area contributed by atoms with Crippen LogP contribution in [0.2, 0.25) is 0 Å². The summed E-state index contributed by atoms with van der Waals surface area (Å²) < 4.78 is 84.6. The molecule has 1 amide bonds. The Bertz CT molecular complexity index is 1590. The highest BCUT2D eigenvalue weighted by Crippen LogP contribution is 2.36. The van der Waals surface area contributed by atoms with E-state index in [-0.39, 0.29) is 28.8 Å². The average Bonchev–Trinajstić information content (AvgIpc) is 3.26. The largest absolute Gasteiger partial charge is 0.507 e. The van der Waals surface area contributed by atoms with Crippen molar-refractivity contribution in [2.75, 3.05) is 0 Å². The maximum Gasteiger partial charge on any atom is 0.416 e. The lowest BCUT2D eigenvalue weighted by Crippen LogP contribution is -2.44. The Morgan fingerprint density at radius 1 is 1.11 bits per heavy atom. The number of nitrogens with one attached hydrogen (secondary N) is 2. The topological polar surface area (TPSA) is 122 Å². The Labute approximate surface area is 208 Å². The fourth-order valence-corrected chi connectivity index (χ4v) is 4.64. The van der Waals surface area contributed by atoms with E-state index in [1.165, 1.54) is 31.3 Å². The number of rotatable bonds is 7. The Morgan fingerprint density at radius 3 is 2.57 bits per heavy atom. The van der Waals surface area contributed by atoms with Gasteiger partial charge >= 0.3 is 6.18 Å². The second-order valence-corrected chi connectivity index (χ2v) is 9.73. The number of sulfonamides is 1. The molecule has 37 heavy (non-hydrogen) atoms. The minimum absolute atomic E-state index is 0.0630. The normalized spacial score (nSPS) is 13.0. The van der Waals surface area contributed by atoms with Crippen LogP contribution < -0.4 is 10.0 Å². The third-order valence-electron chi connectivity index (χ3n) is 5.34. The van der Waals surface area contributed by atoms with Crippen molar-refractivity contribution in [2.24, 2.45) is 0 Å². The SMILES string of the molecule is C[C@H](NS(=O)(=O)c1cc2cc(F)ccc2o1)C(=O)NCc1ccnc(-c2ccc(C(F)(F)F)cc2O)c1. The van der Waals surface area contributed by atoms with Gasteiger partial charge in [-0.25, -0.2) is 12.8 Å². The molecule has 0 saturated heterocycles. The second kappa shape index (κ2) is 9.82. The molecule has 0 unspecified atom stereocenters. The molecule has 194 valence electrons. The van der Waals surface area contributed by atoms with Crippen LogP contribution in [-0.4, -0.2) is 30.5 Å². The van der Waals surface area contributed by atoms with E-state index in [4.69, 9.17) is 4.42 Å². The average molecular weight is 537 g/mol. The van der Waals surface area contributed by atoms with Crippen molar-refractivity contribution < 1.29 is 40.3 Å².